The molecule has 0 amide bonds. The molecule has 3 aliphatic rings. The molecular formula is C15H28N2S. The summed E-state index contributed by atoms with van der Waals surface area (Å²) < 4.78 is 0.547. The Morgan fingerprint density at radius 2 is 2.11 bits per heavy atom. The molecule has 3 fully saturated rings. The highest BCUT2D eigenvalue weighted by Crippen LogP contribution is 2.39. The first-order valence-electron chi connectivity index (χ1n) is 7.78. The molecule has 0 aromatic heterocycles. The fraction of sp³-hybridized carbons (Fsp3) is 1.00. The van der Waals surface area contributed by atoms with Gasteiger partial charge in [-0.05, 0) is 51.8 Å². The van der Waals surface area contributed by atoms with E-state index in [1.807, 2.05) is 0 Å². The topological polar surface area (TPSA) is 6.48 Å². The van der Waals surface area contributed by atoms with Crippen LogP contribution in [0.2, 0.25) is 0 Å². The smallest absolute Gasteiger partial charge is 0.0259 e. The third kappa shape index (κ3) is 2.73. The lowest BCUT2D eigenvalue weighted by atomic mass is 9.95. The average Bonchev–Trinajstić information content (AvgIpc) is 2.77. The first kappa shape index (κ1) is 13.3. The highest BCUT2D eigenvalue weighted by atomic mass is 32.2. The van der Waals surface area contributed by atoms with Gasteiger partial charge in [-0.25, -0.2) is 0 Å². The minimum atomic E-state index is 0.547. The lowest BCUT2D eigenvalue weighted by molar-refractivity contribution is 0.0113. The van der Waals surface area contributed by atoms with Gasteiger partial charge in [0.15, 0.2) is 0 Å². The molecule has 0 aromatic carbocycles. The quantitative estimate of drug-likeness (QED) is 0.760. The standard InChI is InChI=1S/C15H28N2S/c1-13-10-16-8-4-3-6-14(16)11-17(13)12-15(2)7-5-9-18-15/h13-14H,3-12H2,1-2H3. The van der Waals surface area contributed by atoms with Crippen molar-refractivity contribution in [1.29, 1.82) is 0 Å². The SMILES string of the molecule is CC1CN2CCCCC2CN1CC1(C)CCCS1. The molecule has 0 aliphatic carbocycles. The molecule has 104 valence electrons. The van der Waals surface area contributed by atoms with Gasteiger partial charge in [0.2, 0.25) is 0 Å². The second kappa shape index (κ2) is 5.34. The highest BCUT2D eigenvalue weighted by molar-refractivity contribution is 8.00. The van der Waals surface area contributed by atoms with Crippen molar-refractivity contribution in [3.63, 3.8) is 0 Å². The number of rotatable bonds is 2. The molecule has 0 spiro atoms. The molecule has 0 bridgehead atoms. The van der Waals surface area contributed by atoms with Crippen LogP contribution in [-0.2, 0) is 0 Å². The Morgan fingerprint density at radius 1 is 1.22 bits per heavy atom. The van der Waals surface area contributed by atoms with Gasteiger partial charge >= 0.3 is 0 Å². The van der Waals surface area contributed by atoms with Crippen molar-refractivity contribution < 1.29 is 0 Å². The first-order valence-corrected chi connectivity index (χ1v) is 8.77. The molecule has 2 nitrogen and oxygen atoms in total. The van der Waals surface area contributed by atoms with Gasteiger partial charge in [0.1, 0.15) is 0 Å². The first-order chi connectivity index (χ1) is 8.66. The number of thioether (sulfide) groups is 1. The van der Waals surface area contributed by atoms with E-state index in [-0.39, 0.29) is 0 Å². The largest absolute Gasteiger partial charge is 0.298 e. The summed E-state index contributed by atoms with van der Waals surface area (Å²) in [4.78, 5) is 5.56. The van der Waals surface area contributed by atoms with Gasteiger partial charge in [0.05, 0.1) is 0 Å². The number of hydrogen-bond donors (Lipinski definition) is 0. The predicted molar refractivity (Wildman–Crippen MR) is 80.3 cm³/mol. The minimum Gasteiger partial charge on any atom is -0.298 e. The third-order valence-corrected chi connectivity index (χ3v) is 6.68. The lowest BCUT2D eigenvalue weighted by Crippen LogP contribution is -2.60. The van der Waals surface area contributed by atoms with E-state index in [9.17, 15) is 0 Å². The zero-order valence-corrected chi connectivity index (χ0v) is 12.8. The maximum Gasteiger partial charge on any atom is 0.0259 e. The van der Waals surface area contributed by atoms with Gasteiger partial charge in [-0.15, -0.1) is 0 Å². The van der Waals surface area contributed by atoms with E-state index in [4.69, 9.17) is 0 Å². The van der Waals surface area contributed by atoms with Crippen molar-refractivity contribution >= 4 is 11.8 Å². The number of piperazine rings is 1. The Morgan fingerprint density at radius 3 is 2.89 bits per heavy atom. The van der Waals surface area contributed by atoms with Gasteiger partial charge in [-0.1, -0.05) is 6.42 Å². The molecule has 18 heavy (non-hydrogen) atoms. The summed E-state index contributed by atoms with van der Waals surface area (Å²) in [5, 5.41) is 0. The van der Waals surface area contributed by atoms with Crippen LogP contribution in [0.1, 0.15) is 46.0 Å². The van der Waals surface area contributed by atoms with Gasteiger partial charge in [-0.2, -0.15) is 11.8 Å². The monoisotopic (exact) mass is 268 g/mol. The van der Waals surface area contributed by atoms with Crippen molar-refractivity contribution in [2.24, 2.45) is 0 Å². The van der Waals surface area contributed by atoms with Gasteiger partial charge in [-0.3, -0.25) is 9.80 Å². The van der Waals surface area contributed by atoms with Crippen molar-refractivity contribution in [3.05, 3.63) is 0 Å². The van der Waals surface area contributed by atoms with Crippen LogP contribution in [0.15, 0.2) is 0 Å². The Balaban J connectivity index is 1.61. The van der Waals surface area contributed by atoms with Crippen LogP contribution in [0.3, 0.4) is 0 Å². The van der Waals surface area contributed by atoms with Crippen molar-refractivity contribution in [2.45, 2.75) is 62.8 Å². The molecule has 3 aliphatic heterocycles. The summed E-state index contributed by atoms with van der Waals surface area (Å²) in [5.41, 5.74) is 0. The zero-order valence-electron chi connectivity index (χ0n) is 12.0. The summed E-state index contributed by atoms with van der Waals surface area (Å²) >= 11 is 2.21. The van der Waals surface area contributed by atoms with E-state index in [1.54, 1.807) is 0 Å². The molecule has 3 rings (SSSR count). The molecular weight excluding hydrogens is 240 g/mol. The van der Waals surface area contributed by atoms with E-state index in [1.165, 1.54) is 64.0 Å². The van der Waals surface area contributed by atoms with Crippen LogP contribution in [0, 0.1) is 0 Å². The zero-order chi connectivity index (χ0) is 12.6. The van der Waals surface area contributed by atoms with Crippen molar-refractivity contribution in [1.82, 2.24) is 9.80 Å². The Hall–Kier alpha value is 0.270. The summed E-state index contributed by atoms with van der Waals surface area (Å²) in [6.07, 6.45) is 7.17. The molecule has 0 N–H and O–H groups in total. The molecule has 0 radical (unpaired) electrons. The van der Waals surface area contributed by atoms with Crippen LogP contribution in [-0.4, -0.2) is 58.6 Å². The van der Waals surface area contributed by atoms with E-state index < -0.39 is 0 Å². The molecule has 3 unspecified atom stereocenters. The lowest BCUT2D eigenvalue weighted by Gasteiger charge is -2.49. The fourth-order valence-electron chi connectivity index (χ4n) is 4.02. The molecule has 3 heteroatoms. The van der Waals surface area contributed by atoms with Crippen LogP contribution in [0.25, 0.3) is 0 Å². The predicted octanol–water partition coefficient (Wildman–Crippen LogP) is 2.83. The van der Waals surface area contributed by atoms with Crippen LogP contribution in [0.5, 0.6) is 0 Å². The number of hydrogen-bond acceptors (Lipinski definition) is 3. The average molecular weight is 268 g/mol. The highest BCUT2D eigenvalue weighted by Gasteiger charge is 2.38. The molecule has 3 atom stereocenters. The number of nitrogens with zero attached hydrogens (tertiary/aromatic N) is 2. The normalized spacial score (nSPS) is 43.0. The summed E-state index contributed by atoms with van der Waals surface area (Å²) in [6, 6.07) is 1.63. The molecule has 0 saturated carbocycles. The number of fused-ring (bicyclic) bond motifs is 1. The van der Waals surface area contributed by atoms with Crippen LogP contribution in [0.4, 0.5) is 0 Å². The number of piperidine rings is 1. The Kier molecular flexibility index (Phi) is 3.93. The summed E-state index contributed by atoms with van der Waals surface area (Å²) in [6.45, 7) is 10.2. The second-order valence-corrected chi connectivity index (χ2v) is 8.51. The third-order valence-electron chi connectivity index (χ3n) is 5.15. The second-order valence-electron chi connectivity index (χ2n) is 6.82. The molecule has 0 aromatic rings. The van der Waals surface area contributed by atoms with Crippen molar-refractivity contribution in [3.8, 4) is 0 Å². The van der Waals surface area contributed by atoms with E-state index in [0.29, 0.717) is 4.75 Å². The Labute approximate surface area is 116 Å². The Bertz CT molecular complexity index is 288. The van der Waals surface area contributed by atoms with E-state index in [2.05, 4.69) is 35.4 Å². The van der Waals surface area contributed by atoms with E-state index >= 15 is 0 Å². The van der Waals surface area contributed by atoms with E-state index in [0.717, 1.165) is 12.1 Å². The van der Waals surface area contributed by atoms with Crippen LogP contribution < -0.4 is 0 Å². The van der Waals surface area contributed by atoms with Crippen molar-refractivity contribution in [2.75, 3.05) is 31.9 Å². The van der Waals surface area contributed by atoms with Crippen LogP contribution >= 0.6 is 11.8 Å². The summed E-state index contributed by atoms with van der Waals surface area (Å²) in [7, 11) is 0. The fourth-order valence-corrected chi connectivity index (χ4v) is 5.35. The maximum absolute atomic E-state index is 2.80. The van der Waals surface area contributed by atoms with Gasteiger partial charge in [0.25, 0.3) is 0 Å². The van der Waals surface area contributed by atoms with Gasteiger partial charge < -0.3 is 0 Å². The minimum absolute atomic E-state index is 0.547. The maximum atomic E-state index is 2.80. The molecule has 3 saturated heterocycles. The summed E-state index contributed by atoms with van der Waals surface area (Å²) in [5.74, 6) is 1.38. The van der Waals surface area contributed by atoms with Gasteiger partial charge in [0, 0.05) is 36.5 Å². The molecule has 3 heterocycles.